The lowest BCUT2D eigenvalue weighted by atomic mass is 9.80. The smallest absolute Gasteiger partial charge is 0.416 e. The average molecular weight is 393 g/mol. The first-order valence-corrected chi connectivity index (χ1v) is 8.19. The summed E-state index contributed by atoms with van der Waals surface area (Å²) in [6, 6.07) is 8.67. The lowest BCUT2D eigenvalue weighted by Crippen LogP contribution is -2.28. The van der Waals surface area contributed by atoms with Gasteiger partial charge >= 0.3 is 18.1 Å². The maximum atomic E-state index is 12.3. The van der Waals surface area contributed by atoms with Crippen molar-refractivity contribution in [1.82, 2.24) is 4.98 Å². The Balaban J connectivity index is 0.000000203. The quantitative estimate of drug-likeness (QED) is 0.702. The molecule has 0 bridgehead atoms. The maximum absolute atomic E-state index is 12.3. The van der Waals surface area contributed by atoms with E-state index in [-0.39, 0.29) is 12.0 Å². The Morgan fingerprint density at radius 1 is 1.11 bits per heavy atom. The molecule has 1 atom stereocenters. The number of halogens is 3. The zero-order valence-electron chi connectivity index (χ0n) is 14.8. The van der Waals surface area contributed by atoms with E-state index in [1.54, 1.807) is 12.3 Å². The van der Waals surface area contributed by atoms with Gasteiger partial charge in [-0.15, -0.1) is 0 Å². The number of allylic oxidation sites excluding steroid dienone is 2. The van der Waals surface area contributed by atoms with Crippen molar-refractivity contribution in [3.8, 4) is 11.3 Å². The van der Waals surface area contributed by atoms with Crippen LogP contribution in [0.4, 0.5) is 13.2 Å². The number of hydrogen-bond acceptors (Lipinski definition) is 2. The van der Waals surface area contributed by atoms with Crippen LogP contribution in [0.25, 0.3) is 11.3 Å². The van der Waals surface area contributed by atoms with Crippen LogP contribution in [-0.2, 0) is 15.8 Å². The number of nitrogens with one attached hydrogen (secondary N) is 1. The van der Waals surface area contributed by atoms with Gasteiger partial charge in [0.2, 0.25) is 0 Å². The largest absolute Gasteiger partial charge is 0.481 e. The molecule has 0 amide bonds. The number of alkyl halides is 3. The topological polar surface area (TPSA) is 90.4 Å². The van der Waals surface area contributed by atoms with Crippen LogP contribution in [0.2, 0.25) is 0 Å². The average Bonchev–Trinajstić information content (AvgIpc) is 3.16. The van der Waals surface area contributed by atoms with Crippen LogP contribution in [0.1, 0.15) is 18.9 Å². The first kappa shape index (κ1) is 21.0. The number of aromatic nitrogens is 1. The lowest BCUT2D eigenvalue weighted by molar-refractivity contribution is -0.145. The zero-order valence-corrected chi connectivity index (χ0v) is 14.8. The van der Waals surface area contributed by atoms with Crippen molar-refractivity contribution in [1.29, 1.82) is 0 Å². The molecule has 1 aromatic heterocycles. The van der Waals surface area contributed by atoms with Gasteiger partial charge in [0.1, 0.15) is 0 Å². The highest BCUT2D eigenvalue weighted by Crippen LogP contribution is 2.32. The molecule has 1 unspecified atom stereocenters. The van der Waals surface area contributed by atoms with Crippen LogP contribution >= 0.6 is 0 Å². The van der Waals surface area contributed by atoms with E-state index >= 15 is 0 Å². The van der Waals surface area contributed by atoms with E-state index in [0.717, 1.165) is 23.4 Å². The first-order valence-electron chi connectivity index (χ1n) is 8.19. The highest BCUT2D eigenvalue weighted by molar-refractivity contribution is 5.90. The van der Waals surface area contributed by atoms with Crippen molar-refractivity contribution < 1.29 is 33.0 Å². The Hall–Kier alpha value is -3.29. The predicted molar refractivity (Wildman–Crippen MR) is 96.4 cm³/mol. The zero-order chi connectivity index (χ0) is 20.9. The second kappa shape index (κ2) is 8.16. The van der Waals surface area contributed by atoms with Gasteiger partial charge in [-0.1, -0.05) is 30.4 Å². The fraction of sp³-hybridized carbons (Fsp3) is 0.200. The van der Waals surface area contributed by atoms with Gasteiger partial charge in [0.25, 0.3) is 0 Å². The fourth-order valence-electron chi connectivity index (χ4n) is 2.53. The summed E-state index contributed by atoms with van der Waals surface area (Å²) < 4.78 is 36.8. The van der Waals surface area contributed by atoms with Crippen molar-refractivity contribution in [3.63, 3.8) is 0 Å². The Labute approximate surface area is 158 Å². The maximum Gasteiger partial charge on any atom is 0.416 e. The molecule has 3 rings (SSSR count). The van der Waals surface area contributed by atoms with Crippen LogP contribution in [0.3, 0.4) is 0 Å². The number of H-pyrrole nitrogens is 1. The summed E-state index contributed by atoms with van der Waals surface area (Å²) in [5.41, 5.74) is -0.0235. The van der Waals surface area contributed by atoms with Crippen molar-refractivity contribution in [2.75, 3.05) is 0 Å². The molecule has 148 valence electrons. The number of rotatable bonds is 3. The minimum absolute atomic E-state index is 0.0359. The Bertz CT molecular complexity index is 897. The molecule has 1 aliphatic carbocycles. The van der Waals surface area contributed by atoms with Crippen LogP contribution in [0.5, 0.6) is 0 Å². The van der Waals surface area contributed by atoms with Gasteiger partial charge in [-0.25, -0.2) is 4.79 Å². The van der Waals surface area contributed by atoms with Gasteiger partial charge in [0.15, 0.2) is 0 Å². The van der Waals surface area contributed by atoms with Gasteiger partial charge < -0.3 is 15.2 Å². The van der Waals surface area contributed by atoms with Crippen molar-refractivity contribution in [2.24, 2.45) is 5.41 Å². The third-order valence-corrected chi connectivity index (χ3v) is 4.20. The molecule has 5 nitrogen and oxygen atoms in total. The van der Waals surface area contributed by atoms with E-state index < -0.39 is 29.1 Å². The van der Waals surface area contributed by atoms with E-state index in [1.807, 2.05) is 6.07 Å². The first-order chi connectivity index (χ1) is 13.0. The number of carboxylic acid groups (broad SMARTS) is 2. The third kappa shape index (κ3) is 5.12. The molecule has 28 heavy (non-hydrogen) atoms. The molecule has 1 aromatic carbocycles. The number of benzene rings is 1. The minimum atomic E-state index is -4.27. The number of aliphatic carboxylic acids is 2. The van der Waals surface area contributed by atoms with E-state index in [2.05, 4.69) is 4.98 Å². The normalized spacial score (nSPS) is 18.6. The highest BCUT2D eigenvalue weighted by Gasteiger charge is 2.34. The standard InChI is InChI=1S/C11H8F3N.C9H10O4/c12-11(13,14)9-5-3-8(4-6-9)10-2-1-7-15-10;1-9(8(12)13)4-2-3-6(5-9)7(10)11/h1-7,15H;2-4H,5H2,1H3,(H,10,11)(H,12,13). The van der Waals surface area contributed by atoms with E-state index in [1.165, 1.54) is 37.3 Å². The van der Waals surface area contributed by atoms with Gasteiger partial charge in [-0.05, 0) is 43.2 Å². The molecular weight excluding hydrogens is 375 g/mol. The fourth-order valence-corrected chi connectivity index (χ4v) is 2.53. The molecule has 0 saturated heterocycles. The summed E-state index contributed by atoms with van der Waals surface area (Å²) >= 11 is 0. The van der Waals surface area contributed by atoms with Crippen LogP contribution < -0.4 is 0 Å². The summed E-state index contributed by atoms with van der Waals surface area (Å²) in [4.78, 5) is 24.3. The van der Waals surface area contributed by atoms with E-state index in [0.29, 0.717) is 0 Å². The minimum Gasteiger partial charge on any atom is -0.481 e. The predicted octanol–water partition coefficient (Wildman–Crippen LogP) is 4.75. The molecule has 2 aromatic rings. The Kier molecular flexibility index (Phi) is 6.12. The van der Waals surface area contributed by atoms with Gasteiger partial charge in [-0.3, -0.25) is 4.79 Å². The molecule has 3 N–H and O–H groups in total. The summed E-state index contributed by atoms with van der Waals surface area (Å²) in [7, 11) is 0. The van der Waals surface area contributed by atoms with Crippen molar-refractivity contribution in [2.45, 2.75) is 19.5 Å². The van der Waals surface area contributed by atoms with Gasteiger partial charge in [-0.2, -0.15) is 13.2 Å². The molecule has 0 aliphatic heterocycles. The molecule has 0 saturated carbocycles. The lowest BCUT2D eigenvalue weighted by Gasteiger charge is -2.23. The number of aromatic amines is 1. The van der Waals surface area contributed by atoms with Crippen molar-refractivity contribution >= 4 is 11.9 Å². The highest BCUT2D eigenvalue weighted by atomic mass is 19.4. The summed E-state index contributed by atoms with van der Waals surface area (Å²) in [5.74, 6) is -2.06. The summed E-state index contributed by atoms with van der Waals surface area (Å²) in [5, 5.41) is 17.5. The second-order valence-electron chi connectivity index (χ2n) is 6.41. The summed E-state index contributed by atoms with van der Waals surface area (Å²) in [6.45, 7) is 1.50. The van der Waals surface area contributed by atoms with Gasteiger partial charge in [0, 0.05) is 17.5 Å². The number of carboxylic acids is 2. The second-order valence-corrected chi connectivity index (χ2v) is 6.41. The SMILES string of the molecule is CC1(C(=O)O)C=CC=C(C(=O)O)C1.FC(F)(F)c1ccc(-c2ccc[nH]2)cc1. The van der Waals surface area contributed by atoms with Crippen molar-refractivity contribution in [3.05, 3.63) is 72.0 Å². The Morgan fingerprint density at radius 3 is 2.21 bits per heavy atom. The Morgan fingerprint density at radius 2 is 1.75 bits per heavy atom. The van der Waals surface area contributed by atoms with E-state index in [4.69, 9.17) is 10.2 Å². The van der Waals surface area contributed by atoms with Gasteiger partial charge in [0.05, 0.1) is 11.0 Å². The van der Waals surface area contributed by atoms with Crippen LogP contribution in [-0.4, -0.2) is 27.1 Å². The molecule has 0 radical (unpaired) electrons. The molecule has 8 heteroatoms. The third-order valence-electron chi connectivity index (χ3n) is 4.20. The van der Waals surface area contributed by atoms with Crippen LogP contribution in [0, 0.1) is 5.41 Å². The molecule has 1 heterocycles. The molecule has 0 spiro atoms. The molecule has 0 fully saturated rings. The summed E-state index contributed by atoms with van der Waals surface area (Å²) in [6.07, 6.45) is 1.89. The molecular formula is C20H18F3NO4. The van der Waals surface area contributed by atoms with Crippen LogP contribution in [0.15, 0.2) is 66.4 Å². The number of carbonyl (C=O) groups is 2. The monoisotopic (exact) mass is 393 g/mol. The van der Waals surface area contributed by atoms with E-state index in [9.17, 15) is 22.8 Å². The number of hydrogen-bond donors (Lipinski definition) is 3. The molecule has 1 aliphatic rings.